The maximum absolute atomic E-state index is 12.9. The molecule has 0 atom stereocenters. The van der Waals surface area contributed by atoms with Crippen molar-refractivity contribution in [2.75, 3.05) is 6.54 Å². The first kappa shape index (κ1) is 13.6. The minimum absolute atomic E-state index is 0.0537. The third-order valence-electron chi connectivity index (χ3n) is 4.15. The lowest BCUT2D eigenvalue weighted by Crippen LogP contribution is -2.39. The monoisotopic (exact) mass is 279 g/mol. The second-order valence-electron chi connectivity index (χ2n) is 5.41. The molecule has 2 aromatic rings. The van der Waals surface area contributed by atoms with Crippen molar-refractivity contribution < 1.29 is 4.79 Å². The molecule has 1 amide bonds. The van der Waals surface area contributed by atoms with Gasteiger partial charge in [-0.1, -0.05) is 31.0 Å². The number of nitriles is 1. The molecule has 1 aliphatic rings. The summed E-state index contributed by atoms with van der Waals surface area (Å²) >= 11 is 0. The largest absolute Gasteiger partial charge is 0.322 e. The molecule has 1 heterocycles. The molecule has 1 fully saturated rings. The van der Waals surface area contributed by atoms with Crippen molar-refractivity contribution in [2.45, 2.75) is 31.7 Å². The van der Waals surface area contributed by atoms with Crippen LogP contribution < -0.4 is 0 Å². The van der Waals surface area contributed by atoms with Gasteiger partial charge in [0.25, 0.3) is 5.91 Å². The summed E-state index contributed by atoms with van der Waals surface area (Å²) < 4.78 is 0. The lowest BCUT2D eigenvalue weighted by molar-refractivity contribution is 0.0711. The van der Waals surface area contributed by atoms with Gasteiger partial charge < -0.3 is 4.90 Å². The van der Waals surface area contributed by atoms with Crippen molar-refractivity contribution in [3.63, 3.8) is 0 Å². The fourth-order valence-electron chi connectivity index (χ4n) is 3.10. The third kappa shape index (κ3) is 2.59. The molecular weight excluding hydrogens is 262 g/mol. The SMILES string of the molecule is N#CCN(C(=O)c1ccnc2ccccc12)C1CCCC1. The number of fused-ring (bicyclic) bond motifs is 1. The fourth-order valence-corrected chi connectivity index (χ4v) is 3.10. The Morgan fingerprint density at radius 1 is 1.29 bits per heavy atom. The van der Waals surface area contributed by atoms with Gasteiger partial charge >= 0.3 is 0 Å². The summed E-state index contributed by atoms with van der Waals surface area (Å²) in [5.74, 6) is -0.0537. The predicted octanol–water partition coefficient (Wildman–Crippen LogP) is 3.14. The molecule has 0 radical (unpaired) electrons. The molecule has 1 aromatic heterocycles. The normalized spacial score (nSPS) is 15.0. The molecule has 4 nitrogen and oxygen atoms in total. The van der Waals surface area contributed by atoms with Crippen molar-refractivity contribution in [2.24, 2.45) is 0 Å². The number of benzene rings is 1. The summed E-state index contributed by atoms with van der Waals surface area (Å²) in [6.07, 6.45) is 5.93. The molecule has 0 spiro atoms. The van der Waals surface area contributed by atoms with E-state index in [1.165, 1.54) is 0 Å². The maximum Gasteiger partial charge on any atom is 0.255 e. The van der Waals surface area contributed by atoms with Crippen LogP contribution in [0.15, 0.2) is 36.5 Å². The summed E-state index contributed by atoms with van der Waals surface area (Å²) in [6, 6.07) is 11.7. The highest BCUT2D eigenvalue weighted by atomic mass is 16.2. The van der Waals surface area contributed by atoms with E-state index in [1.54, 1.807) is 17.2 Å². The van der Waals surface area contributed by atoms with Gasteiger partial charge in [-0.2, -0.15) is 5.26 Å². The second-order valence-corrected chi connectivity index (χ2v) is 5.41. The van der Waals surface area contributed by atoms with E-state index in [2.05, 4.69) is 11.1 Å². The van der Waals surface area contributed by atoms with Crippen LogP contribution in [0.5, 0.6) is 0 Å². The first-order valence-electron chi connectivity index (χ1n) is 7.33. The second kappa shape index (κ2) is 5.92. The number of nitrogens with zero attached hydrogens (tertiary/aromatic N) is 3. The number of hydrogen-bond donors (Lipinski definition) is 0. The van der Waals surface area contributed by atoms with Crippen molar-refractivity contribution in [3.05, 3.63) is 42.1 Å². The first-order chi connectivity index (χ1) is 10.3. The molecule has 21 heavy (non-hydrogen) atoms. The van der Waals surface area contributed by atoms with Crippen LogP contribution >= 0.6 is 0 Å². The molecule has 0 bridgehead atoms. The van der Waals surface area contributed by atoms with Gasteiger partial charge in [-0.25, -0.2) is 0 Å². The molecule has 106 valence electrons. The zero-order valence-corrected chi connectivity index (χ0v) is 11.8. The van der Waals surface area contributed by atoms with Gasteiger partial charge in [0, 0.05) is 17.6 Å². The number of amides is 1. The summed E-state index contributed by atoms with van der Waals surface area (Å²) in [6.45, 7) is 0.153. The Hall–Kier alpha value is -2.41. The van der Waals surface area contributed by atoms with E-state index in [0.717, 1.165) is 36.6 Å². The summed E-state index contributed by atoms with van der Waals surface area (Å²) in [5, 5.41) is 9.90. The number of carbonyl (C=O) groups excluding carboxylic acids is 1. The summed E-state index contributed by atoms with van der Waals surface area (Å²) in [4.78, 5) is 18.9. The Balaban J connectivity index is 1.99. The number of pyridine rings is 1. The number of rotatable bonds is 3. The summed E-state index contributed by atoms with van der Waals surface area (Å²) in [5.41, 5.74) is 1.45. The average Bonchev–Trinajstić information content (AvgIpc) is 3.05. The lowest BCUT2D eigenvalue weighted by Gasteiger charge is -2.26. The highest BCUT2D eigenvalue weighted by Crippen LogP contribution is 2.26. The van der Waals surface area contributed by atoms with E-state index < -0.39 is 0 Å². The standard InChI is InChI=1S/C17H17N3O/c18-10-12-20(13-5-1-2-6-13)17(21)15-9-11-19-16-8-4-3-7-14(15)16/h3-4,7-9,11,13H,1-2,5-6,12H2. The van der Waals surface area contributed by atoms with Gasteiger partial charge in [-0.15, -0.1) is 0 Å². The van der Waals surface area contributed by atoms with Gasteiger partial charge in [0.2, 0.25) is 0 Å². The molecule has 1 aliphatic carbocycles. The molecule has 0 unspecified atom stereocenters. The molecule has 0 saturated heterocycles. The smallest absolute Gasteiger partial charge is 0.255 e. The van der Waals surface area contributed by atoms with Crippen molar-refractivity contribution in [3.8, 4) is 6.07 Å². The minimum Gasteiger partial charge on any atom is -0.322 e. The molecule has 1 saturated carbocycles. The minimum atomic E-state index is -0.0537. The molecule has 1 aromatic carbocycles. The Kier molecular flexibility index (Phi) is 3.83. The van der Waals surface area contributed by atoms with Crippen LogP contribution in [0.1, 0.15) is 36.0 Å². The Labute approximate surface area is 124 Å². The van der Waals surface area contributed by atoms with Crippen LogP contribution in [0.4, 0.5) is 0 Å². The number of aromatic nitrogens is 1. The van der Waals surface area contributed by atoms with E-state index in [1.807, 2.05) is 24.3 Å². The number of hydrogen-bond acceptors (Lipinski definition) is 3. The quantitative estimate of drug-likeness (QED) is 0.811. The van der Waals surface area contributed by atoms with Gasteiger partial charge in [0.1, 0.15) is 6.54 Å². The average molecular weight is 279 g/mol. The molecule has 4 heteroatoms. The van der Waals surface area contributed by atoms with Crippen molar-refractivity contribution in [1.29, 1.82) is 5.26 Å². The Morgan fingerprint density at radius 2 is 2.05 bits per heavy atom. The highest BCUT2D eigenvalue weighted by molar-refractivity contribution is 6.06. The molecule has 0 N–H and O–H groups in total. The highest BCUT2D eigenvalue weighted by Gasteiger charge is 2.28. The van der Waals surface area contributed by atoms with E-state index in [4.69, 9.17) is 5.26 Å². The first-order valence-corrected chi connectivity index (χ1v) is 7.33. The van der Waals surface area contributed by atoms with Crippen LogP contribution in [-0.2, 0) is 0 Å². The van der Waals surface area contributed by atoms with E-state index >= 15 is 0 Å². The number of carbonyl (C=O) groups is 1. The van der Waals surface area contributed by atoms with E-state index in [9.17, 15) is 4.79 Å². The van der Waals surface area contributed by atoms with E-state index in [0.29, 0.717) is 5.56 Å². The zero-order valence-electron chi connectivity index (χ0n) is 11.8. The van der Waals surface area contributed by atoms with E-state index in [-0.39, 0.29) is 18.5 Å². The molecule has 3 rings (SSSR count). The fraction of sp³-hybridized carbons (Fsp3) is 0.353. The third-order valence-corrected chi connectivity index (χ3v) is 4.15. The van der Waals surface area contributed by atoms with Crippen molar-refractivity contribution >= 4 is 16.8 Å². The Bertz CT molecular complexity index is 693. The molecular formula is C17H17N3O. The van der Waals surface area contributed by atoms with Gasteiger partial charge in [-0.3, -0.25) is 9.78 Å². The van der Waals surface area contributed by atoms with Gasteiger partial charge in [-0.05, 0) is 25.0 Å². The van der Waals surface area contributed by atoms with Crippen LogP contribution in [-0.4, -0.2) is 28.4 Å². The molecule has 0 aliphatic heterocycles. The van der Waals surface area contributed by atoms with Crippen LogP contribution in [0.25, 0.3) is 10.9 Å². The van der Waals surface area contributed by atoms with Crippen molar-refractivity contribution in [1.82, 2.24) is 9.88 Å². The van der Waals surface area contributed by atoms with Crippen LogP contribution in [0.2, 0.25) is 0 Å². The summed E-state index contributed by atoms with van der Waals surface area (Å²) in [7, 11) is 0. The number of para-hydroxylation sites is 1. The zero-order chi connectivity index (χ0) is 14.7. The Morgan fingerprint density at radius 3 is 2.81 bits per heavy atom. The van der Waals surface area contributed by atoms with Crippen LogP contribution in [0, 0.1) is 11.3 Å². The van der Waals surface area contributed by atoms with Crippen LogP contribution in [0.3, 0.4) is 0 Å². The lowest BCUT2D eigenvalue weighted by atomic mass is 10.1. The topological polar surface area (TPSA) is 57.0 Å². The van der Waals surface area contributed by atoms with Gasteiger partial charge in [0.05, 0.1) is 17.1 Å². The predicted molar refractivity (Wildman–Crippen MR) is 80.6 cm³/mol. The van der Waals surface area contributed by atoms with Gasteiger partial charge in [0.15, 0.2) is 0 Å². The maximum atomic E-state index is 12.9.